The highest BCUT2D eigenvalue weighted by molar-refractivity contribution is 5.90. The molecule has 0 radical (unpaired) electrons. The van der Waals surface area contributed by atoms with Crippen LogP contribution < -0.4 is 5.56 Å². The van der Waals surface area contributed by atoms with Crippen LogP contribution in [-0.4, -0.2) is 20.5 Å². The average molecular weight is 399 g/mol. The van der Waals surface area contributed by atoms with Crippen molar-refractivity contribution in [1.29, 1.82) is 5.26 Å². The number of aromatic nitrogens is 2. The number of benzene rings is 2. The van der Waals surface area contributed by atoms with Crippen LogP contribution in [0.2, 0.25) is 0 Å². The number of aliphatic imine (C=N–C) groups is 1. The van der Waals surface area contributed by atoms with Gasteiger partial charge in [-0.15, -0.1) is 0 Å². The number of para-hydroxylation sites is 2. The zero-order valence-electron chi connectivity index (χ0n) is 16.6. The number of nitriles is 1. The quantitative estimate of drug-likeness (QED) is 0.315. The highest BCUT2D eigenvalue weighted by Crippen LogP contribution is 2.32. The van der Waals surface area contributed by atoms with Gasteiger partial charge in [-0.25, -0.2) is 4.99 Å². The summed E-state index contributed by atoms with van der Waals surface area (Å²) in [6.07, 6.45) is 1.32. The van der Waals surface area contributed by atoms with Gasteiger partial charge < -0.3 is 4.98 Å². The van der Waals surface area contributed by atoms with Gasteiger partial charge in [-0.3, -0.25) is 19.3 Å². The highest BCUT2D eigenvalue weighted by atomic mass is 16.6. The molecule has 0 unspecified atom stereocenters. The minimum Gasteiger partial charge on any atom is -0.338 e. The van der Waals surface area contributed by atoms with Gasteiger partial charge in [0.25, 0.3) is 11.2 Å². The van der Waals surface area contributed by atoms with E-state index < -0.39 is 4.92 Å². The normalized spacial score (nSPS) is 11.4. The van der Waals surface area contributed by atoms with Crippen molar-refractivity contribution in [2.45, 2.75) is 20.8 Å². The fourth-order valence-corrected chi connectivity index (χ4v) is 3.72. The lowest BCUT2D eigenvalue weighted by Gasteiger charge is -2.07. The van der Waals surface area contributed by atoms with Crippen LogP contribution in [0.1, 0.15) is 27.8 Å². The third-order valence-electron chi connectivity index (χ3n) is 5.13. The van der Waals surface area contributed by atoms with Crippen molar-refractivity contribution in [1.82, 2.24) is 9.38 Å². The first-order valence-corrected chi connectivity index (χ1v) is 9.19. The molecule has 0 bridgehead atoms. The number of nitro benzene ring substituents is 1. The molecule has 30 heavy (non-hydrogen) atoms. The molecule has 8 heteroatoms. The largest absolute Gasteiger partial charge is 0.338 e. The smallest absolute Gasteiger partial charge is 0.295 e. The summed E-state index contributed by atoms with van der Waals surface area (Å²) in [5.41, 5.74) is 3.86. The lowest BCUT2D eigenvalue weighted by atomic mass is 10.1. The van der Waals surface area contributed by atoms with Crippen molar-refractivity contribution in [2.24, 2.45) is 4.99 Å². The Balaban J connectivity index is 2.02. The van der Waals surface area contributed by atoms with E-state index in [1.165, 1.54) is 16.7 Å². The number of aromatic amines is 1. The summed E-state index contributed by atoms with van der Waals surface area (Å²) in [6, 6.07) is 12.6. The van der Waals surface area contributed by atoms with E-state index in [4.69, 9.17) is 0 Å². The van der Waals surface area contributed by atoms with Crippen LogP contribution in [0.15, 0.2) is 46.2 Å². The maximum Gasteiger partial charge on any atom is 0.295 e. The summed E-state index contributed by atoms with van der Waals surface area (Å²) >= 11 is 0. The number of rotatable bonds is 3. The molecule has 0 aliphatic heterocycles. The Morgan fingerprint density at radius 2 is 1.97 bits per heavy atom. The molecule has 0 amide bonds. The van der Waals surface area contributed by atoms with Gasteiger partial charge in [-0.05, 0) is 49.6 Å². The summed E-state index contributed by atoms with van der Waals surface area (Å²) in [5, 5.41) is 21.2. The molecule has 4 aromatic rings. The average Bonchev–Trinajstić information content (AvgIpc) is 3.08. The van der Waals surface area contributed by atoms with Gasteiger partial charge >= 0.3 is 0 Å². The van der Waals surface area contributed by atoms with Gasteiger partial charge in [-0.1, -0.05) is 18.2 Å². The van der Waals surface area contributed by atoms with Crippen molar-refractivity contribution >= 4 is 34.3 Å². The molecule has 2 aromatic carbocycles. The van der Waals surface area contributed by atoms with Gasteiger partial charge in [0.1, 0.15) is 17.4 Å². The molecule has 0 saturated carbocycles. The fraction of sp³-hybridized carbons (Fsp3) is 0.136. The van der Waals surface area contributed by atoms with Crippen LogP contribution in [0.3, 0.4) is 0 Å². The third-order valence-corrected chi connectivity index (χ3v) is 5.13. The van der Waals surface area contributed by atoms with E-state index >= 15 is 0 Å². The van der Waals surface area contributed by atoms with E-state index in [9.17, 15) is 20.2 Å². The summed E-state index contributed by atoms with van der Waals surface area (Å²) in [4.78, 5) is 31.7. The Kier molecular flexibility index (Phi) is 4.43. The second-order valence-electron chi connectivity index (χ2n) is 7.12. The summed E-state index contributed by atoms with van der Waals surface area (Å²) in [7, 11) is 0. The third kappa shape index (κ3) is 2.84. The molecule has 0 fully saturated rings. The Morgan fingerprint density at radius 1 is 1.23 bits per heavy atom. The number of pyridine rings is 1. The van der Waals surface area contributed by atoms with Crippen molar-refractivity contribution in [3.63, 3.8) is 0 Å². The second kappa shape index (κ2) is 6.97. The fourth-order valence-electron chi connectivity index (χ4n) is 3.72. The van der Waals surface area contributed by atoms with Crippen LogP contribution in [-0.2, 0) is 0 Å². The first-order chi connectivity index (χ1) is 14.3. The minimum absolute atomic E-state index is 0.129. The molecule has 0 atom stereocenters. The standard InChI is InChI=1S/C22H17N5O3/c1-12-8-13(2)20(19(9-12)27(29)30)24-11-16-14(3)15(10-23)21-25-17-6-4-5-7-18(17)26(21)22(16)28/h4-9,11,25H,1-3H3. The molecule has 8 nitrogen and oxygen atoms in total. The van der Waals surface area contributed by atoms with Crippen LogP contribution in [0, 0.1) is 42.2 Å². The van der Waals surface area contributed by atoms with Crippen LogP contribution in [0.4, 0.5) is 11.4 Å². The van der Waals surface area contributed by atoms with Gasteiger partial charge in [0.2, 0.25) is 0 Å². The monoisotopic (exact) mass is 399 g/mol. The molecule has 2 aromatic heterocycles. The minimum atomic E-state index is -0.490. The molecule has 4 rings (SSSR count). The van der Waals surface area contributed by atoms with Crippen molar-refractivity contribution in [3.8, 4) is 6.07 Å². The molecule has 0 aliphatic rings. The Hall–Kier alpha value is -4.25. The molecule has 148 valence electrons. The van der Waals surface area contributed by atoms with E-state index in [0.717, 1.165) is 11.1 Å². The van der Waals surface area contributed by atoms with Crippen LogP contribution >= 0.6 is 0 Å². The molecule has 2 heterocycles. The zero-order valence-corrected chi connectivity index (χ0v) is 16.6. The number of fused-ring (bicyclic) bond motifs is 3. The summed E-state index contributed by atoms with van der Waals surface area (Å²) < 4.78 is 1.44. The molecule has 0 spiro atoms. The SMILES string of the molecule is Cc1cc(C)c(N=Cc2c(C)c(C#N)c3[nH]c4ccccc4n3c2=O)c([N+](=O)[O-])c1. The number of hydrogen-bond donors (Lipinski definition) is 1. The summed E-state index contributed by atoms with van der Waals surface area (Å²) in [6.45, 7) is 5.17. The number of imidazole rings is 1. The number of hydrogen-bond acceptors (Lipinski definition) is 5. The molecule has 1 N–H and O–H groups in total. The second-order valence-corrected chi connectivity index (χ2v) is 7.12. The van der Waals surface area contributed by atoms with E-state index in [1.54, 1.807) is 39.0 Å². The van der Waals surface area contributed by atoms with Gasteiger partial charge in [0.05, 0.1) is 27.1 Å². The molecular formula is C22H17N5O3. The van der Waals surface area contributed by atoms with Crippen molar-refractivity contribution < 1.29 is 4.92 Å². The number of nitrogens with one attached hydrogen (secondary N) is 1. The number of nitro groups is 1. The number of H-pyrrole nitrogens is 1. The molecule has 0 aliphatic carbocycles. The number of nitrogens with zero attached hydrogens (tertiary/aromatic N) is 4. The van der Waals surface area contributed by atoms with E-state index in [0.29, 0.717) is 27.9 Å². The van der Waals surface area contributed by atoms with Crippen molar-refractivity contribution in [3.05, 3.63) is 84.7 Å². The Labute approximate surface area is 170 Å². The molecule has 0 saturated heterocycles. The van der Waals surface area contributed by atoms with Gasteiger partial charge in [0, 0.05) is 12.3 Å². The Morgan fingerprint density at radius 3 is 2.67 bits per heavy atom. The highest BCUT2D eigenvalue weighted by Gasteiger charge is 2.19. The zero-order chi connectivity index (χ0) is 21.6. The van der Waals surface area contributed by atoms with Crippen LogP contribution in [0.5, 0.6) is 0 Å². The predicted octanol–water partition coefficient (Wildman–Crippen LogP) is 4.24. The van der Waals surface area contributed by atoms with E-state index in [2.05, 4.69) is 16.0 Å². The topological polar surface area (TPSA) is 117 Å². The van der Waals surface area contributed by atoms with Gasteiger partial charge in [-0.2, -0.15) is 5.26 Å². The molecular weight excluding hydrogens is 382 g/mol. The first-order valence-electron chi connectivity index (χ1n) is 9.19. The maximum absolute atomic E-state index is 13.3. The Bertz CT molecular complexity index is 1490. The lowest BCUT2D eigenvalue weighted by molar-refractivity contribution is -0.384. The van der Waals surface area contributed by atoms with Crippen molar-refractivity contribution in [2.75, 3.05) is 0 Å². The van der Waals surface area contributed by atoms with E-state index in [1.807, 2.05) is 12.1 Å². The summed E-state index contributed by atoms with van der Waals surface area (Å²) in [5.74, 6) is 0. The predicted molar refractivity (Wildman–Crippen MR) is 115 cm³/mol. The van der Waals surface area contributed by atoms with E-state index in [-0.39, 0.29) is 22.5 Å². The van der Waals surface area contributed by atoms with Gasteiger partial charge in [0.15, 0.2) is 0 Å². The first kappa shape index (κ1) is 19.1. The van der Waals surface area contributed by atoms with Crippen LogP contribution in [0.25, 0.3) is 16.7 Å². The maximum atomic E-state index is 13.3. The number of aryl methyl sites for hydroxylation is 2. The lowest BCUT2D eigenvalue weighted by Crippen LogP contribution is -2.20.